The third-order valence-electron chi connectivity index (χ3n) is 3.52. The maximum absolute atomic E-state index is 4.63. The molecule has 0 fully saturated rings. The zero-order valence-electron chi connectivity index (χ0n) is 14.6. The number of nitrogens with one attached hydrogen (secondary N) is 2. The molecule has 0 bridgehead atoms. The Labute approximate surface area is 162 Å². The first-order valence-electron chi connectivity index (χ1n) is 8.01. The Morgan fingerprint density at radius 3 is 2.17 bits per heavy atom. The molecule has 0 amide bonds. The number of guanidine groups is 1. The Balaban J connectivity index is 0.00000288. The van der Waals surface area contributed by atoms with Crippen LogP contribution in [0.3, 0.4) is 0 Å². The van der Waals surface area contributed by atoms with Crippen molar-refractivity contribution >= 4 is 35.6 Å². The van der Waals surface area contributed by atoms with Crippen LogP contribution in [-0.2, 0) is 13.1 Å². The van der Waals surface area contributed by atoms with Crippen LogP contribution in [0.15, 0.2) is 59.6 Å². The second kappa shape index (κ2) is 10.9. The molecular formula is C19H27IN4. The molecule has 0 heterocycles. The van der Waals surface area contributed by atoms with Crippen LogP contribution >= 0.6 is 24.0 Å². The zero-order valence-corrected chi connectivity index (χ0v) is 17.0. The van der Waals surface area contributed by atoms with E-state index < -0.39 is 0 Å². The van der Waals surface area contributed by atoms with Gasteiger partial charge in [0.25, 0.3) is 0 Å². The van der Waals surface area contributed by atoms with E-state index in [9.17, 15) is 0 Å². The monoisotopic (exact) mass is 438 g/mol. The Morgan fingerprint density at radius 2 is 1.58 bits per heavy atom. The molecule has 24 heavy (non-hydrogen) atoms. The summed E-state index contributed by atoms with van der Waals surface area (Å²) in [5.41, 5.74) is 3.65. The molecule has 0 unspecified atom stereocenters. The van der Waals surface area contributed by atoms with Crippen LogP contribution < -0.4 is 15.5 Å². The summed E-state index contributed by atoms with van der Waals surface area (Å²) in [6.07, 6.45) is 0. The molecule has 2 aromatic carbocycles. The fourth-order valence-corrected chi connectivity index (χ4v) is 2.19. The second-order valence-corrected chi connectivity index (χ2v) is 5.60. The van der Waals surface area contributed by atoms with E-state index in [0.717, 1.165) is 19.0 Å². The van der Waals surface area contributed by atoms with Gasteiger partial charge in [0.1, 0.15) is 0 Å². The smallest absolute Gasteiger partial charge is 0.191 e. The number of hydrogen-bond donors (Lipinski definition) is 2. The van der Waals surface area contributed by atoms with Crippen molar-refractivity contribution in [2.45, 2.75) is 20.0 Å². The van der Waals surface area contributed by atoms with Crippen molar-refractivity contribution in [2.75, 3.05) is 25.5 Å². The third-order valence-corrected chi connectivity index (χ3v) is 3.52. The summed E-state index contributed by atoms with van der Waals surface area (Å²) in [6, 6.07) is 18.8. The minimum Gasteiger partial charge on any atom is -0.378 e. The van der Waals surface area contributed by atoms with Gasteiger partial charge in [-0.15, -0.1) is 24.0 Å². The Hall–Kier alpha value is -1.76. The van der Waals surface area contributed by atoms with Crippen molar-refractivity contribution in [2.24, 2.45) is 4.99 Å². The van der Waals surface area contributed by atoms with E-state index >= 15 is 0 Å². The molecule has 0 radical (unpaired) electrons. The van der Waals surface area contributed by atoms with Gasteiger partial charge in [0.15, 0.2) is 5.96 Å². The van der Waals surface area contributed by atoms with Crippen LogP contribution in [0, 0.1) is 0 Å². The molecule has 0 aliphatic heterocycles. The topological polar surface area (TPSA) is 39.7 Å². The molecule has 0 atom stereocenters. The molecule has 0 aliphatic rings. The van der Waals surface area contributed by atoms with E-state index in [-0.39, 0.29) is 24.0 Å². The number of aliphatic imine (C=N–C) groups is 1. The van der Waals surface area contributed by atoms with E-state index in [1.54, 1.807) is 0 Å². The summed E-state index contributed by atoms with van der Waals surface area (Å²) in [5, 5.41) is 6.66. The highest BCUT2D eigenvalue weighted by Gasteiger charge is 2.00. The SMILES string of the molecule is CCNC(=NCc1ccccc1)NCc1ccc(N(C)C)cc1.I. The molecule has 5 heteroatoms. The molecular weight excluding hydrogens is 411 g/mol. The molecule has 4 nitrogen and oxygen atoms in total. The molecule has 0 aromatic heterocycles. The highest BCUT2D eigenvalue weighted by Crippen LogP contribution is 2.11. The van der Waals surface area contributed by atoms with Gasteiger partial charge < -0.3 is 15.5 Å². The third kappa shape index (κ3) is 6.78. The van der Waals surface area contributed by atoms with Crippen LogP contribution in [0.25, 0.3) is 0 Å². The van der Waals surface area contributed by atoms with E-state index in [0.29, 0.717) is 6.54 Å². The minimum atomic E-state index is 0. The maximum atomic E-state index is 4.63. The van der Waals surface area contributed by atoms with Gasteiger partial charge in [0.2, 0.25) is 0 Å². The summed E-state index contributed by atoms with van der Waals surface area (Å²) in [7, 11) is 4.10. The normalized spacial score (nSPS) is 10.7. The highest BCUT2D eigenvalue weighted by atomic mass is 127. The highest BCUT2D eigenvalue weighted by molar-refractivity contribution is 14.0. The standard InChI is InChI=1S/C19H26N4.HI/c1-4-20-19(21-14-16-8-6-5-7-9-16)22-15-17-10-12-18(13-11-17)23(2)3;/h5-13H,4,14-15H2,1-3H3,(H2,20,21,22);1H. The molecule has 130 valence electrons. The fourth-order valence-electron chi connectivity index (χ4n) is 2.19. The van der Waals surface area contributed by atoms with Crippen LogP contribution in [-0.4, -0.2) is 26.6 Å². The van der Waals surface area contributed by atoms with Gasteiger partial charge in [-0.1, -0.05) is 42.5 Å². The number of rotatable bonds is 6. The first-order chi connectivity index (χ1) is 11.2. The average molecular weight is 438 g/mol. The molecule has 2 aromatic rings. The zero-order chi connectivity index (χ0) is 16.5. The number of anilines is 1. The quantitative estimate of drug-likeness (QED) is 0.411. The van der Waals surface area contributed by atoms with Crippen molar-refractivity contribution in [1.82, 2.24) is 10.6 Å². The van der Waals surface area contributed by atoms with Gasteiger partial charge in [-0.05, 0) is 30.2 Å². The lowest BCUT2D eigenvalue weighted by Crippen LogP contribution is -2.36. The fraction of sp³-hybridized carbons (Fsp3) is 0.316. The van der Waals surface area contributed by atoms with Gasteiger partial charge in [-0.2, -0.15) is 0 Å². The maximum Gasteiger partial charge on any atom is 0.191 e. The molecule has 2 rings (SSSR count). The van der Waals surface area contributed by atoms with Crippen molar-refractivity contribution in [3.05, 3.63) is 65.7 Å². The van der Waals surface area contributed by atoms with Crippen LogP contribution in [0.4, 0.5) is 5.69 Å². The van der Waals surface area contributed by atoms with Crippen LogP contribution in [0.1, 0.15) is 18.1 Å². The molecule has 0 saturated carbocycles. The summed E-state index contributed by atoms with van der Waals surface area (Å²) >= 11 is 0. The van der Waals surface area contributed by atoms with Gasteiger partial charge in [-0.3, -0.25) is 0 Å². The number of hydrogen-bond acceptors (Lipinski definition) is 2. The van der Waals surface area contributed by atoms with Crippen LogP contribution in [0.2, 0.25) is 0 Å². The predicted octanol–water partition coefficient (Wildman–Crippen LogP) is 3.63. The van der Waals surface area contributed by atoms with E-state index in [2.05, 4.69) is 63.8 Å². The van der Waals surface area contributed by atoms with Crippen molar-refractivity contribution in [3.8, 4) is 0 Å². The van der Waals surface area contributed by atoms with E-state index in [4.69, 9.17) is 0 Å². The average Bonchev–Trinajstić information content (AvgIpc) is 2.58. The van der Waals surface area contributed by atoms with E-state index in [1.807, 2.05) is 32.3 Å². The van der Waals surface area contributed by atoms with Crippen LogP contribution in [0.5, 0.6) is 0 Å². The number of nitrogens with zero attached hydrogens (tertiary/aromatic N) is 2. The first-order valence-corrected chi connectivity index (χ1v) is 8.01. The lowest BCUT2D eigenvalue weighted by molar-refractivity contribution is 0.816. The van der Waals surface area contributed by atoms with E-state index in [1.165, 1.54) is 16.8 Å². The van der Waals surface area contributed by atoms with Gasteiger partial charge >= 0.3 is 0 Å². The Bertz CT molecular complexity index is 609. The number of benzene rings is 2. The molecule has 0 aliphatic carbocycles. The summed E-state index contributed by atoms with van der Waals surface area (Å²) in [5.74, 6) is 0.841. The number of halogens is 1. The Morgan fingerprint density at radius 1 is 0.917 bits per heavy atom. The second-order valence-electron chi connectivity index (χ2n) is 5.60. The Kier molecular flexibility index (Phi) is 9.22. The van der Waals surface area contributed by atoms with Crippen molar-refractivity contribution in [3.63, 3.8) is 0 Å². The minimum absolute atomic E-state index is 0. The van der Waals surface area contributed by atoms with Gasteiger partial charge in [0.05, 0.1) is 6.54 Å². The van der Waals surface area contributed by atoms with Gasteiger partial charge in [-0.25, -0.2) is 4.99 Å². The molecule has 0 saturated heterocycles. The first kappa shape index (κ1) is 20.3. The lowest BCUT2D eigenvalue weighted by Gasteiger charge is -2.14. The molecule has 0 spiro atoms. The largest absolute Gasteiger partial charge is 0.378 e. The summed E-state index contributed by atoms with van der Waals surface area (Å²) < 4.78 is 0. The summed E-state index contributed by atoms with van der Waals surface area (Å²) in [6.45, 7) is 4.36. The van der Waals surface area contributed by atoms with Crippen molar-refractivity contribution < 1.29 is 0 Å². The lowest BCUT2D eigenvalue weighted by atomic mass is 10.2. The summed E-state index contributed by atoms with van der Waals surface area (Å²) in [4.78, 5) is 6.73. The van der Waals surface area contributed by atoms with Crippen molar-refractivity contribution in [1.29, 1.82) is 0 Å². The predicted molar refractivity (Wildman–Crippen MR) is 114 cm³/mol. The molecule has 2 N–H and O–H groups in total. The van der Waals surface area contributed by atoms with Gasteiger partial charge in [0, 0.05) is 32.9 Å².